The van der Waals surface area contributed by atoms with E-state index in [0.29, 0.717) is 0 Å². The van der Waals surface area contributed by atoms with Gasteiger partial charge in [0, 0.05) is 27.6 Å². The third-order valence-electron chi connectivity index (χ3n) is 8.29. The summed E-state index contributed by atoms with van der Waals surface area (Å²) in [7, 11) is 0. The van der Waals surface area contributed by atoms with E-state index < -0.39 is 0 Å². The van der Waals surface area contributed by atoms with Crippen molar-refractivity contribution in [1.82, 2.24) is 0 Å². The number of hydrogen-bond donors (Lipinski definition) is 0. The van der Waals surface area contributed by atoms with Crippen LogP contribution in [0.1, 0.15) is 0 Å². The molecule has 0 amide bonds. The fourth-order valence-corrected chi connectivity index (χ4v) is 6.26. The molecule has 208 valence electrons. The normalized spacial score (nSPS) is 11.2. The van der Waals surface area contributed by atoms with E-state index in [1.54, 1.807) is 0 Å². The highest BCUT2D eigenvalue weighted by atomic mass is 16.3. The molecule has 2 heteroatoms. The first-order valence-electron chi connectivity index (χ1n) is 14.9. The molecular weight excluding hydrogens is 534 g/mol. The van der Waals surface area contributed by atoms with Crippen LogP contribution in [0.2, 0.25) is 0 Å². The van der Waals surface area contributed by atoms with Crippen LogP contribution in [-0.4, -0.2) is 0 Å². The van der Waals surface area contributed by atoms with Crippen LogP contribution in [0, 0.1) is 0 Å². The lowest BCUT2D eigenvalue weighted by atomic mass is 9.93. The summed E-state index contributed by atoms with van der Waals surface area (Å²) in [6, 6.07) is 62.1. The zero-order valence-corrected chi connectivity index (χ0v) is 24.1. The molecule has 8 aromatic rings. The van der Waals surface area contributed by atoms with Gasteiger partial charge in [0.15, 0.2) is 0 Å². The van der Waals surface area contributed by atoms with Crippen molar-refractivity contribution in [3.63, 3.8) is 0 Å². The van der Waals surface area contributed by atoms with Crippen LogP contribution in [-0.2, 0) is 0 Å². The summed E-state index contributed by atoms with van der Waals surface area (Å²) in [6.07, 6.45) is 0. The molecule has 0 saturated carbocycles. The van der Waals surface area contributed by atoms with Crippen LogP contribution in [0.5, 0.6) is 0 Å². The van der Waals surface area contributed by atoms with Gasteiger partial charge >= 0.3 is 0 Å². The van der Waals surface area contributed by atoms with Gasteiger partial charge in [0.2, 0.25) is 0 Å². The standard InChI is InChI=1S/C42H29NO/c1-4-14-30(15-5-1)31-24-26-33(27-25-31)41-38(28-29-40-42(41)36-21-11-13-23-39(36)44-40)43(34-18-8-3-9-19-34)37-22-12-10-20-35(37)32-16-6-2-7-17-32/h1-29H. The number of para-hydroxylation sites is 3. The molecule has 0 aliphatic rings. The van der Waals surface area contributed by atoms with Gasteiger partial charge in [-0.1, -0.05) is 140 Å². The van der Waals surface area contributed by atoms with Crippen LogP contribution in [0.15, 0.2) is 180 Å². The molecule has 8 rings (SSSR count). The summed E-state index contributed by atoms with van der Waals surface area (Å²) in [6.45, 7) is 0. The van der Waals surface area contributed by atoms with Gasteiger partial charge < -0.3 is 9.32 Å². The van der Waals surface area contributed by atoms with Crippen molar-refractivity contribution in [2.24, 2.45) is 0 Å². The second kappa shape index (κ2) is 11.1. The van der Waals surface area contributed by atoms with Crippen LogP contribution < -0.4 is 4.90 Å². The quantitative estimate of drug-likeness (QED) is 0.200. The topological polar surface area (TPSA) is 16.4 Å². The van der Waals surface area contributed by atoms with E-state index in [1.165, 1.54) is 22.3 Å². The zero-order valence-electron chi connectivity index (χ0n) is 24.1. The maximum absolute atomic E-state index is 6.43. The molecular formula is C42H29NO. The molecule has 44 heavy (non-hydrogen) atoms. The number of anilines is 3. The molecule has 0 fully saturated rings. The molecule has 0 aliphatic heterocycles. The summed E-state index contributed by atoms with van der Waals surface area (Å²) >= 11 is 0. The minimum atomic E-state index is 0.876. The van der Waals surface area contributed by atoms with Crippen LogP contribution in [0.4, 0.5) is 17.1 Å². The SMILES string of the molecule is c1ccc(-c2ccc(-c3c(N(c4ccccc4)c4ccccc4-c4ccccc4)ccc4oc5ccccc5c34)cc2)cc1. The van der Waals surface area contributed by atoms with E-state index in [4.69, 9.17) is 4.42 Å². The second-order valence-electron chi connectivity index (χ2n) is 10.9. The highest BCUT2D eigenvalue weighted by molar-refractivity contribution is 6.16. The monoisotopic (exact) mass is 563 g/mol. The van der Waals surface area contributed by atoms with E-state index in [-0.39, 0.29) is 0 Å². The Morgan fingerprint density at radius 1 is 0.364 bits per heavy atom. The van der Waals surface area contributed by atoms with Crippen molar-refractivity contribution in [2.45, 2.75) is 0 Å². The third kappa shape index (κ3) is 4.54. The number of rotatable bonds is 6. The Labute approximate surface area is 257 Å². The Morgan fingerprint density at radius 3 is 1.68 bits per heavy atom. The first-order chi connectivity index (χ1) is 21.8. The van der Waals surface area contributed by atoms with Gasteiger partial charge in [-0.3, -0.25) is 0 Å². The van der Waals surface area contributed by atoms with Gasteiger partial charge in [0.25, 0.3) is 0 Å². The molecule has 0 unspecified atom stereocenters. The highest BCUT2D eigenvalue weighted by Gasteiger charge is 2.24. The average molecular weight is 564 g/mol. The smallest absolute Gasteiger partial charge is 0.136 e. The molecule has 0 spiro atoms. The van der Waals surface area contributed by atoms with Crippen LogP contribution >= 0.6 is 0 Å². The summed E-state index contributed by atoms with van der Waals surface area (Å²) in [5.41, 5.74) is 12.1. The number of hydrogen-bond acceptors (Lipinski definition) is 2. The highest BCUT2D eigenvalue weighted by Crippen LogP contribution is 2.49. The van der Waals surface area contributed by atoms with E-state index >= 15 is 0 Å². The van der Waals surface area contributed by atoms with E-state index in [0.717, 1.165) is 50.1 Å². The van der Waals surface area contributed by atoms with E-state index in [2.05, 4.69) is 175 Å². The van der Waals surface area contributed by atoms with Gasteiger partial charge in [-0.15, -0.1) is 0 Å². The van der Waals surface area contributed by atoms with Gasteiger partial charge in [0.05, 0.1) is 11.4 Å². The number of fused-ring (bicyclic) bond motifs is 3. The lowest BCUT2D eigenvalue weighted by Gasteiger charge is -2.30. The maximum atomic E-state index is 6.43. The summed E-state index contributed by atoms with van der Waals surface area (Å²) in [4.78, 5) is 2.39. The van der Waals surface area contributed by atoms with E-state index in [1.807, 2.05) is 6.07 Å². The van der Waals surface area contributed by atoms with Crippen molar-refractivity contribution in [1.29, 1.82) is 0 Å². The van der Waals surface area contributed by atoms with Crippen molar-refractivity contribution in [3.8, 4) is 33.4 Å². The maximum Gasteiger partial charge on any atom is 0.136 e. The molecule has 0 bridgehead atoms. The Balaban J connectivity index is 1.43. The van der Waals surface area contributed by atoms with Gasteiger partial charge in [0.1, 0.15) is 11.2 Å². The van der Waals surface area contributed by atoms with E-state index in [9.17, 15) is 0 Å². The van der Waals surface area contributed by atoms with Crippen molar-refractivity contribution < 1.29 is 4.42 Å². The zero-order chi connectivity index (χ0) is 29.3. The second-order valence-corrected chi connectivity index (χ2v) is 10.9. The number of benzene rings is 7. The Morgan fingerprint density at radius 2 is 0.932 bits per heavy atom. The lowest BCUT2D eigenvalue weighted by Crippen LogP contribution is -2.12. The first-order valence-corrected chi connectivity index (χ1v) is 14.9. The molecule has 7 aromatic carbocycles. The minimum Gasteiger partial charge on any atom is -0.456 e. The molecule has 1 aromatic heterocycles. The molecule has 0 atom stereocenters. The molecule has 1 heterocycles. The lowest BCUT2D eigenvalue weighted by molar-refractivity contribution is 0.669. The summed E-state index contributed by atoms with van der Waals surface area (Å²) in [5, 5.41) is 2.22. The fraction of sp³-hybridized carbons (Fsp3) is 0. The number of furan rings is 1. The van der Waals surface area contributed by atoms with Crippen molar-refractivity contribution in [3.05, 3.63) is 176 Å². The molecule has 2 nitrogen and oxygen atoms in total. The predicted molar refractivity (Wildman–Crippen MR) is 185 cm³/mol. The Kier molecular flexibility index (Phi) is 6.51. The fourth-order valence-electron chi connectivity index (χ4n) is 6.26. The molecule has 0 saturated heterocycles. The predicted octanol–water partition coefficient (Wildman–Crippen LogP) is 12.1. The number of nitrogens with zero attached hydrogens (tertiary/aromatic N) is 1. The summed E-state index contributed by atoms with van der Waals surface area (Å²) in [5.74, 6) is 0. The van der Waals surface area contributed by atoms with Crippen LogP contribution in [0.25, 0.3) is 55.3 Å². The molecule has 0 radical (unpaired) electrons. The van der Waals surface area contributed by atoms with Crippen molar-refractivity contribution >= 4 is 39.0 Å². The molecule has 0 N–H and O–H groups in total. The van der Waals surface area contributed by atoms with Gasteiger partial charge in [-0.05, 0) is 58.7 Å². The van der Waals surface area contributed by atoms with Crippen molar-refractivity contribution in [2.75, 3.05) is 4.90 Å². The van der Waals surface area contributed by atoms with Crippen LogP contribution in [0.3, 0.4) is 0 Å². The first kappa shape index (κ1) is 25.8. The largest absolute Gasteiger partial charge is 0.456 e. The third-order valence-corrected chi connectivity index (χ3v) is 8.29. The van der Waals surface area contributed by atoms with Gasteiger partial charge in [-0.25, -0.2) is 0 Å². The van der Waals surface area contributed by atoms with Gasteiger partial charge in [-0.2, -0.15) is 0 Å². The molecule has 0 aliphatic carbocycles. The average Bonchev–Trinajstić information content (AvgIpc) is 3.49. The Bertz CT molecular complexity index is 2200. The Hall–Kier alpha value is -5.86. The minimum absolute atomic E-state index is 0.876. The summed E-state index contributed by atoms with van der Waals surface area (Å²) < 4.78 is 6.43.